The molecule has 0 saturated carbocycles. The molecule has 0 spiro atoms. The van der Waals surface area contributed by atoms with E-state index in [0.717, 1.165) is 0 Å². The number of carbonyl (C=O) groups is 2. The minimum Gasteiger partial charge on any atom is -0.384 e. The first-order chi connectivity index (χ1) is 10.8. The molecule has 23 heavy (non-hydrogen) atoms. The minimum absolute atomic E-state index is 0.0779. The molecule has 9 heteroatoms. The second-order valence-electron chi connectivity index (χ2n) is 4.70. The quantitative estimate of drug-likeness (QED) is 0.549. The lowest BCUT2D eigenvalue weighted by Crippen LogP contribution is -2.35. The van der Waals surface area contributed by atoms with Crippen molar-refractivity contribution >= 4 is 27.5 Å². The van der Waals surface area contributed by atoms with Crippen molar-refractivity contribution < 1.29 is 22.7 Å². The highest BCUT2D eigenvalue weighted by Gasteiger charge is 2.13. The van der Waals surface area contributed by atoms with E-state index in [1.54, 1.807) is 0 Å². The number of ether oxygens (including phenoxy) is 1. The zero-order chi connectivity index (χ0) is 17.3. The van der Waals surface area contributed by atoms with Gasteiger partial charge in [0, 0.05) is 39.2 Å². The van der Waals surface area contributed by atoms with Gasteiger partial charge in [-0.3, -0.25) is 9.59 Å². The number of hydrogen-bond acceptors (Lipinski definition) is 5. The summed E-state index contributed by atoms with van der Waals surface area (Å²) in [5.41, 5.74) is 0.516. The Bertz CT molecular complexity index is 628. The predicted molar refractivity (Wildman–Crippen MR) is 85.4 cm³/mol. The van der Waals surface area contributed by atoms with Crippen molar-refractivity contribution in [3.8, 4) is 0 Å². The number of rotatable bonds is 9. The molecule has 8 nitrogen and oxygen atoms in total. The lowest BCUT2D eigenvalue weighted by molar-refractivity contribution is -0.122. The van der Waals surface area contributed by atoms with E-state index in [9.17, 15) is 18.0 Å². The van der Waals surface area contributed by atoms with Crippen molar-refractivity contribution in [3.05, 3.63) is 24.3 Å². The molecule has 0 fully saturated rings. The molecule has 0 atom stereocenters. The van der Waals surface area contributed by atoms with E-state index in [1.807, 2.05) is 0 Å². The average Bonchev–Trinajstić information content (AvgIpc) is 2.49. The van der Waals surface area contributed by atoms with Gasteiger partial charge in [-0.1, -0.05) is 0 Å². The molecule has 0 saturated heterocycles. The lowest BCUT2D eigenvalue weighted by atomic mass is 10.3. The Kier molecular flexibility index (Phi) is 7.66. The molecule has 0 radical (unpaired) electrons. The van der Waals surface area contributed by atoms with Crippen molar-refractivity contribution in [2.75, 3.05) is 32.1 Å². The van der Waals surface area contributed by atoms with Crippen molar-refractivity contribution in [1.82, 2.24) is 10.0 Å². The first-order valence-corrected chi connectivity index (χ1v) is 8.46. The van der Waals surface area contributed by atoms with Gasteiger partial charge in [0.15, 0.2) is 0 Å². The SMILES string of the molecule is COCCC(=O)NCCNS(=O)(=O)c1ccc(NC(C)=O)cc1. The summed E-state index contributed by atoms with van der Waals surface area (Å²) < 4.78 is 31.3. The van der Waals surface area contributed by atoms with Crippen molar-refractivity contribution in [3.63, 3.8) is 0 Å². The topological polar surface area (TPSA) is 114 Å². The van der Waals surface area contributed by atoms with E-state index in [4.69, 9.17) is 4.74 Å². The molecule has 0 bridgehead atoms. The van der Waals surface area contributed by atoms with Gasteiger partial charge in [-0.25, -0.2) is 13.1 Å². The molecular formula is C14H21N3O5S. The Morgan fingerprint density at radius 2 is 1.78 bits per heavy atom. The van der Waals surface area contributed by atoms with Crippen LogP contribution in [0.4, 0.5) is 5.69 Å². The molecular weight excluding hydrogens is 322 g/mol. The number of benzene rings is 1. The number of amides is 2. The third kappa shape index (κ3) is 7.22. The summed E-state index contributed by atoms with van der Waals surface area (Å²) in [7, 11) is -2.16. The first-order valence-electron chi connectivity index (χ1n) is 6.98. The van der Waals surface area contributed by atoms with Crippen molar-refractivity contribution in [2.45, 2.75) is 18.2 Å². The van der Waals surface area contributed by atoms with Crippen LogP contribution in [-0.4, -0.2) is 47.0 Å². The second kappa shape index (κ2) is 9.23. The third-order valence-electron chi connectivity index (χ3n) is 2.76. The summed E-state index contributed by atoms with van der Waals surface area (Å²) in [5, 5.41) is 5.13. The van der Waals surface area contributed by atoms with Crippen LogP contribution in [-0.2, 0) is 24.3 Å². The van der Waals surface area contributed by atoms with Crippen LogP contribution in [0.1, 0.15) is 13.3 Å². The molecule has 1 rings (SSSR count). The van der Waals surface area contributed by atoms with Crippen LogP contribution in [0, 0.1) is 0 Å². The molecule has 0 aromatic heterocycles. The van der Waals surface area contributed by atoms with E-state index in [0.29, 0.717) is 12.3 Å². The maximum atomic E-state index is 12.1. The average molecular weight is 343 g/mol. The van der Waals surface area contributed by atoms with E-state index in [2.05, 4.69) is 15.4 Å². The summed E-state index contributed by atoms with van der Waals surface area (Å²) >= 11 is 0. The van der Waals surface area contributed by atoms with Gasteiger partial charge in [0.05, 0.1) is 11.5 Å². The Labute approximate surface area is 135 Å². The zero-order valence-electron chi connectivity index (χ0n) is 13.1. The number of carbonyl (C=O) groups excluding carboxylic acids is 2. The fraction of sp³-hybridized carbons (Fsp3) is 0.429. The van der Waals surface area contributed by atoms with Crippen LogP contribution in [0.15, 0.2) is 29.2 Å². The number of hydrogen-bond donors (Lipinski definition) is 3. The first kappa shape index (κ1) is 19.1. The van der Waals surface area contributed by atoms with Crippen LogP contribution >= 0.6 is 0 Å². The van der Waals surface area contributed by atoms with Crippen molar-refractivity contribution in [1.29, 1.82) is 0 Å². The monoisotopic (exact) mass is 343 g/mol. The fourth-order valence-electron chi connectivity index (χ4n) is 1.67. The highest BCUT2D eigenvalue weighted by atomic mass is 32.2. The summed E-state index contributed by atoms with van der Waals surface area (Å²) in [6.07, 6.45) is 0.230. The van der Waals surface area contributed by atoms with Crippen LogP contribution in [0.3, 0.4) is 0 Å². The van der Waals surface area contributed by atoms with Gasteiger partial charge >= 0.3 is 0 Å². The molecule has 0 aliphatic carbocycles. The van der Waals surface area contributed by atoms with Crippen molar-refractivity contribution in [2.24, 2.45) is 0 Å². The lowest BCUT2D eigenvalue weighted by Gasteiger charge is -2.09. The summed E-state index contributed by atoms with van der Waals surface area (Å²) in [6, 6.07) is 5.79. The zero-order valence-corrected chi connectivity index (χ0v) is 13.9. The van der Waals surface area contributed by atoms with E-state index in [-0.39, 0.29) is 36.2 Å². The van der Waals surface area contributed by atoms with Gasteiger partial charge in [0.25, 0.3) is 0 Å². The van der Waals surface area contributed by atoms with Crippen LogP contribution in [0.25, 0.3) is 0 Å². The van der Waals surface area contributed by atoms with Crippen LogP contribution < -0.4 is 15.4 Å². The summed E-state index contributed by atoms with van der Waals surface area (Å²) in [6.45, 7) is 1.95. The van der Waals surface area contributed by atoms with Gasteiger partial charge in [-0.2, -0.15) is 0 Å². The van der Waals surface area contributed by atoms with E-state index >= 15 is 0 Å². The smallest absolute Gasteiger partial charge is 0.240 e. The highest BCUT2D eigenvalue weighted by molar-refractivity contribution is 7.89. The Morgan fingerprint density at radius 3 is 2.35 bits per heavy atom. The number of sulfonamides is 1. The predicted octanol–water partition coefficient (Wildman–Crippen LogP) is 0.0760. The fourth-order valence-corrected chi connectivity index (χ4v) is 2.71. The Morgan fingerprint density at radius 1 is 1.13 bits per heavy atom. The molecule has 1 aromatic carbocycles. The van der Waals surface area contributed by atoms with Gasteiger partial charge in [0.2, 0.25) is 21.8 Å². The van der Waals surface area contributed by atoms with Gasteiger partial charge in [0.1, 0.15) is 0 Å². The van der Waals surface area contributed by atoms with Gasteiger partial charge in [-0.15, -0.1) is 0 Å². The molecule has 0 heterocycles. The summed E-state index contributed by atoms with van der Waals surface area (Å²) in [5.74, 6) is -0.436. The molecule has 1 aromatic rings. The molecule has 0 unspecified atom stereocenters. The Balaban J connectivity index is 2.46. The van der Waals surface area contributed by atoms with Crippen LogP contribution in [0.5, 0.6) is 0 Å². The molecule has 2 amide bonds. The largest absolute Gasteiger partial charge is 0.384 e. The normalized spacial score (nSPS) is 11.0. The summed E-state index contributed by atoms with van der Waals surface area (Å²) in [4.78, 5) is 22.3. The molecule has 128 valence electrons. The molecule has 0 aliphatic heterocycles. The number of nitrogens with one attached hydrogen (secondary N) is 3. The van der Waals surface area contributed by atoms with Gasteiger partial charge in [-0.05, 0) is 24.3 Å². The van der Waals surface area contributed by atoms with E-state index in [1.165, 1.54) is 38.3 Å². The maximum Gasteiger partial charge on any atom is 0.240 e. The Hall–Kier alpha value is -1.97. The molecule has 0 aliphatic rings. The second-order valence-corrected chi connectivity index (χ2v) is 6.46. The highest BCUT2D eigenvalue weighted by Crippen LogP contribution is 2.13. The third-order valence-corrected chi connectivity index (χ3v) is 4.23. The number of anilines is 1. The minimum atomic E-state index is -3.66. The number of methoxy groups -OCH3 is 1. The molecule has 3 N–H and O–H groups in total. The van der Waals surface area contributed by atoms with Gasteiger partial charge < -0.3 is 15.4 Å². The maximum absolute atomic E-state index is 12.1. The van der Waals surface area contributed by atoms with Crippen LogP contribution in [0.2, 0.25) is 0 Å². The van der Waals surface area contributed by atoms with E-state index < -0.39 is 10.0 Å². The standard InChI is InChI=1S/C14H21N3O5S/c1-11(18)17-12-3-5-13(6-4-12)23(20,21)16-9-8-15-14(19)7-10-22-2/h3-6,16H,7-10H2,1-2H3,(H,15,19)(H,17,18).